The summed E-state index contributed by atoms with van der Waals surface area (Å²) in [5.41, 5.74) is 1.97. The van der Waals surface area contributed by atoms with Gasteiger partial charge in [0.1, 0.15) is 11.6 Å². The third kappa shape index (κ3) is 7.16. The van der Waals surface area contributed by atoms with Gasteiger partial charge in [-0.25, -0.2) is 18.7 Å². The normalized spacial score (nSPS) is 15.7. The van der Waals surface area contributed by atoms with Crippen molar-refractivity contribution < 1.29 is 8.78 Å². The lowest BCUT2D eigenvalue weighted by molar-refractivity contribution is 0.0173. The van der Waals surface area contributed by atoms with E-state index in [0.29, 0.717) is 13.1 Å². The van der Waals surface area contributed by atoms with Crippen molar-refractivity contribution in [3.63, 3.8) is 0 Å². The van der Waals surface area contributed by atoms with E-state index in [0.717, 1.165) is 80.7 Å². The summed E-state index contributed by atoms with van der Waals surface area (Å²) in [7, 11) is 4.16. The second-order valence-corrected chi connectivity index (χ2v) is 9.73. The van der Waals surface area contributed by atoms with E-state index in [9.17, 15) is 8.78 Å². The number of para-hydroxylation sites is 1. The van der Waals surface area contributed by atoms with Crippen molar-refractivity contribution in [3.05, 3.63) is 65.5 Å². The first-order valence-electron chi connectivity index (χ1n) is 12.3. The number of hydrogen-bond acceptors (Lipinski definition) is 6. The molecule has 188 valence electrons. The van der Waals surface area contributed by atoms with Crippen LogP contribution in [0.1, 0.15) is 30.3 Å². The number of halogens is 2. The first-order valence-corrected chi connectivity index (χ1v) is 12.3. The van der Waals surface area contributed by atoms with E-state index in [1.165, 1.54) is 6.07 Å². The van der Waals surface area contributed by atoms with Gasteiger partial charge in [0.25, 0.3) is 5.92 Å². The maximum absolute atomic E-state index is 13.7. The molecule has 2 aromatic carbocycles. The second-order valence-electron chi connectivity index (χ2n) is 9.73. The van der Waals surface area contributed by atoms with E-state index >= 15 is 0 Å². The van der Waals surface area contributed by atoms with Gasteiger partial charge in [-0.2, -0.15) is 0 Å². The van der Waals surface area contributed by atoms with Gasteiger partial charge in [-0.15, -0.1) is 0 Å². The predicted octanol–water partition coefficient (Wildman–Crippen LogP) is 4.42. The number of alkyl halides is 2. The summed E-state index contributed by atoms with van der Waals surface area (Å²) in [6.07, 6.45) is 1.04. The van der Waals surface area contributed by atoms with Crippen molar-refractivity contribution in [1.29, 1.82) is 0 Å². The summed E-state index contributed by atoms with van der Waals surface area (Å²) in [5.74, 6) is -1.09. The highest BCUT2D eigenvalue weighted by atomic mass is 19.3. The molecule has 8 heteroatoms. The van der Waals surface area contributed by atoms with Crippen LogP contribution in [0, 0.1) is 0 Å². The first kappa shape index (κ1) is 25.4. The molecule has 3 aromatic rings. The zero-order chi connectivity index (χ0) is 24.8. The molecule has 0 aliphatic carbocycles. The van der Waals surface area contributed by atoms with Crippen molar-refractivity contribution in [2.24, 2.45) is 0 Å². The van der Waals surface area contributed by atoms with Crippen LogP contribution >= 0.6 is 0 Å². The first-order chi connectivity index (χ1) is 16.8. The number of anilines is 1. The molecular weight excluding hydrogens is 446 g/mol. The molecule has 0 saturated carbocycles. The number of benzene rings is 2. The molecule has 1 N–H and O–H groups in total. The maximum atomic E-state index is 13.7. The smallest absolute Gasteiger partial charge is 0.270 e. The van der Waals surface area contributed by atoms with Crippen LogP contribution in [0.2, 0.25) is 0 Å². The van der Waals surface area contributed by atoms with Crippen molar-refractivity contribution in [2.75, 3.05) is 58.7 Å². The van der Waals surface area contributed by atoms with Gasteiger partial charge < -0.3 is 10.2 Å². The minimum Gasteiger partial charge on any atom is -0.369 e. The SMILES string of the molecule is CN(C)CCCNc1nc(CN2CCN(Cc3cccc(C(C)(F)F)c3)CC2)nc2ccccc12. The molecule has 0 spiro atoms. The zero-order valence-corrected chi connectivity index (χ0v) is 21.0. The summed E-state index contributed by atoms with van der Waals surface area (Å²) in [6, 6.07) is 14.9. The van der Waals surface area contributed by atoms with Crippen LogP contribution < -0.4 is 5.32 Å². The Bertz CT molecular complexity index is 1110. The number of piperazine rings is 1. The minimum atomic E-state index is -2.81. The van der Waals surface area contributed by atoms with Gasteiger partial charge >= 0.3 is 0 Å². The Morgan fingerprint density at radius 2 is 1.66 bits per heavy atom. The van der Waals surface area contributed by atoms with Crippen molar-refractivity contribution >= 4 is 16.7 Å². The van der Waals surface area contributed by atoms with Gasteiger partial charge in [-0.3, -0.25) is 9.80 Å². The molecule has 1 fully saturated rings. The van der Waals surface area contributed by atoms with Crippen molar-refractivity contribution in [2.45, 2.75) is 32.4 Å². The third-order valence-corrected chi connectivity index (χ3v) is 6.39. The van der Waals surface area contributed by atoms with Crippen LogP contribution in [0.4, 0.5) is 14.6 Å². The van der Waals surface area contributed by atoms with E-state index < -0.39 is 5.92 Å². The van der Waals surface area contributed by atoms with Crippen LogP contribution in [-0.4, -0.2) is 78.0 Å². The lowest BCUT2D eigenvalue weighted by Crippen LogP contribution is -2.45. The Balaban J connectivity index is 1.35. The molecule has 0 atom stereocenters. The van der Waals surface area contributed by atoms with Crippen LogP contribution in [0.15, 0.2) is 48.5 Å². The average Bonchev–Trinajstić information content (AvgIpc) is 2.82. The van der Waals surface area contributed by atoms with E-state index in [1.54, 1.807) is 12.1 Å². The fraction of sp³-hybridized carbons (Fsp3) is 0.481. The molecule has 6 nitrogen and oxygen atoms in total. The Morgan fingerprint density at radius 1 is 0.943 bits per heavy atom. The Hall–Kier alpha value is -2.68. The fourth-order valence-electron chi connectivity index (χ4n) is 4.44. The van der Waals surface area contributed by atoms with Crippen LogP contribution in [0.3, 0.4) is 0 Å². The molecule has 35 heavy (non-hydrogen) atoms. The number of fused-ring (bicyclic) bond motifs is 1. The number of nitrogens with zero attached hydrogens (tertiary/aromatic N) is 5. The highest BCUT2D eigenvalue weighted by Gasteiger charge is 2.25. The molecule has 2 heterocycles. The third-order valence-electron chi connectivity index (χ3n) is 6.39. The summed E-state index contributed by atoms with van der Waals surface area (Å²) >= 11 is 0. The quantitative estimate of drug-likeness (QED) is 0.432. The van der Waals surface area contributed by atoms with Gasteiger partial charge in [0, 0.05) is 57.1 Å². The van der Waals surface area contributed by atoms with E-state index in [-0.39, 0.29) is 5.56 Å². The van der Waals surface area contributed by atoms with E-state index in [2.05, 4.69) is 40.2 Å². The summed E-state index contributed by atoms with van der Waals surface area (Å²) in [5, 5.41) is 4.56. The number of rotatable bonds is 10. The van der Waals surface area contributed by atoms with Crippen molar-refractivity contribution in [3.8, 4) is 0 Å². The molecule has 0 unspecified atom stereocenters. The molecule has 0 amide bonds. The molecule has 1 aliphatic rings. The largest absolute Gasteiger partial charge is 0.369 e. The second kappa shape index (κ2) is 11.4. The van der Waals surface area contributed by atoms with Crippen LogP contribution in [-0.2, 0) is 19.0 Å². The zero-order valence-electron chi connectivity index (χ0n) is 21.0. The minimum absolute atomic E-state index is 0.0771. The fourth-order valence-corrected chi connectivity index (χ4v) is 4.44. The number of nitrogens with one attached hydrogen (secondary N) is 1. The highest BCUT2D eigenvalue weighted by Crippen LogP contribution is 2.27. The van der Waals surface area contributed by atoms with Gasteiger partial charge in [0.15, 0.2) is 0 Å². The van der Waals surface area contributed by atoms with Gasteiger partial charge in [0.2, 0.25) is 0 Å². The summed E-state index contributed by atoms with van der Waals surface area (Å²) in [4.78, 5) is 16.6. The molecule has 1 aromatic heterocycles. The molecule has 4 rings (SSSR count). The monoisotopic (exact) mass is 482 g/mol. The van der Waals surface area contributed by atoms with Crippen LogP contribution in [0.5, 0.6) is 0 Å². The van der Waals surface area contributed by atoms with Gasteiger partial charge in [-0.05, 0) is 50.8 Å². The lowest BCUT2D eigenvalue weighted by atomic mass is 10.1. The molecule has 1 aliphatic heterocycles. The average molecular weight is 483 g/mol. The van der Waals surface area contributed by atoms with Gasteiger partial charge in [-0.1, -0.05) is 30.3 Å². The summed E-state index contributed by atoms with van der Waals surface area (Å²) < 4.78 is 27.4. The van der Waals surface area contributed by atoms with E-state index in [4.69, 9.17) is 9.97 Å². The molecular formula is C27H36F2N6. The van der Waals surface area contributed by atoms with Crippen molar-refractivity contribution in [1.82, 2.24) is 24.7 Å². The summed E-state index contributed by atoms with van der Waals surface area (Å²) in [6.45, 7) is 7.78. The Labute approximate surface area is 207 Å². The molecule has 1 saturated heterocycles. The molecule has 0 radical (unpaired) electrons. The topological polar surface area (TPSA) is 47.5 Å². The standard InChI is InChI=1S/C27H36F2N6/c1-27(28,29)22-9-6-8-21(18-22)19-34-14-16-35(17-15-34)20-25-31-24-11-5-4-10-23(24)26(32-25)30-12-7-13-33(2)3/h4-6,8-11,18H,7,12-17,19-20H2,1-3H3,(H,30,31,32). The van der Waals surface area contributed by atoms with Gasteiger partial charge in [0.05, 0.1) is 12.1 Å². The van der Waals surface area contributed by atoms with E-state index in [1.807, 2.05) is 24.3 Å². The molecule has 0 bridgehead atoms. The lowest BCUT2D eigenvalue weighted by Gasteiger charge is -2.34. The predicted molar refractivity (Wildman–Crippen MR) is 138 cm³/mol. The maximum Gasteiger partial charge on any atom is 0.270 e. The van der Waals surface area contributed by atoms with Crippen LogP contribution in [0.25, 0.3) is 10.9 Å². The number of aromatic nitrogens is 2. The Morgan fingerprint density at radius 3 is 2.37 bits per heavy atom. The Kier molecular flexibility index (Phi) is 8.26. The highest BCUT2D eigenvalue weighted by molar-refractivity contribution is 5.88. The number of hydrogen-bond donors (Lipinski definition) is 1.